The van der Waals surface area contributed by atoms with Gasteiger partial charge in [-0.15, -0.1) is 4.40 Å². The van der Waals surface area contributed by atoms with Crippen molar-refractivity contribution in [3.05, 3.63) is 65.5 Å². The highest BCUT2D eigenvalue weighted by atomic mass is 32.2. The Kier molecular flexibility index (Phi) is 5.18. The highest BCUT2D eigenvalue weighted by Gasteiger charge is 2.21. The zero-order valence-corrected chi connectivity index (χ0v) is 15.0. The van der Waals surface area contributed by atoms with Crippen LogP contribution >= 0.6 is 0 Å². The Bertz CT molecular complexity index is 853. The summed E-state index contributed by atoms with van der Waals surface area (Å²) in [6.07, 6.45) is 3.10. The van der Waals surface area contributed by atoms with Gasteiger partial charge in [-0.2, -0.15) is 8.42 Å². The summed E-state index contributed by atoms with van der Waals surface area (Å²) in [6, 6.07) is 12.4. The van der Waals surface area contributed by atoms with Crippen LogP contribution in [0.15, 0.2) is 57.8 Å². The quantitative estimate of drug-likeness (QED) is 0.619. The summed E-state index contributed by atoms with van der Waals surface area (Å²) in [5, 5.41) is 0. The molecule has 1 fully saturated rings. The van der Waals surface area contributed by atoms with Crippen molar-refractivity contribution in [3.63, 3.8) is 0 Å². The minimum absolute atomic E-state index is 0.162. The van der Waals surface area contributed by atoms with E-state index in [-0.39, 0.29) is 10.7 Å². The predicted octanol–water partition coefficient (Wildman–Crippen LogP) is 3.76. The minimum Gasteiger partial charge on any atom is -0.355 e. The molecule has 0 radical (unpaired) electrons. The van der Waals surface area contributed by atoms with E-state index in [4.69, 9.17) is 0 Å². The number of halogens is 1. The molecule has 25 heavy (non-hydrogen) atoms. The average molecular weight is 360 g/mol. The van der Waals surface area contributed by atoms with Gasteiger partial charge < -0.3 is 4.90 Å². The number of likely N-dealkylation sites (tertiary alicyclic amines) is 1. The third kappa shape index (κ3) is 4.25. The van der Waals surface area contributed by atoms with E-state index >= 15 is 0 Å². The summed E-state index contributed by atoms with van der Waals surface area (Å²) in [7, 11) is -3.83. The molecule has 0 N–H and O–H groups in total. The number of hydrogen-bond donors (Lipinski definition) is 0. The highest BCUT2D eigenvalue weighted by molar-refractivity contribution is 7.90. The second-order valence-corrected chi connectivity index (χ2v) is 7.86. The molecule has 0 aromatic heterocycles. The van der Waals surface area contributed by atoms with E-state index in [2.05, 4.69) is 4.40 Å². The van der Waals surface area contributed by atoms with Gasteiger partial charge in [-0.1, -0.05) is 17.7 Å². The van der Waals surface area contributed by atoms with Gasteiger partial charge in [-0.3, -0.25) is 0 Å². The fourth-order valence-electron chi connectivity index (χ4n) is 2.87. The van der Waals surface area contributed by atoms with E-state index in [1.165, 1.54) is 12.1 Å². The number of rotatable bonds is 3. The maximum atomic E-state index is 13.3. The van der Waals surface area contributed by atoms with Gasteiger partial charge in [0.1, 0.15) is 11.7 Å². The molecule has 0 unspecified atom stereocenters. The summed E-state index contributed by atoms with van der Waals surface area (Å²) < 4.78 is 42.9. The molecule has 132 valence electrons. The van der Waals surface area contributed by atoms with Gasteiger partial charge in [0.2, 0.25) is 0 Å². The lowest BCUT2D eigenvalue weighted by Crippen LogP contribution is -2.36. The van der Waals surface area contributed by atoms with Crippen molar-refractivity contribution in [2.45, 2.75) is 31.1 Å². The third-order valence-electron chi connectivity index (χ3n) is 4.28. The summed E-state index contributed by atoms with van der Waals surface area (Å²) in [6.45, 7) is 3.40. The Morgan fingerprint density at radius 1 is 0.960 bits per heavy atom. The minimum atomic E-state index is -3.83. The first-order valence-corrected chi connectivity index (χ1v) is 9.82. The van der Waals surface area contributed by atoms with Crippen LogP contribution in [-0.4, -0.2) is 32.2 Å². The molecule has 3 rings (SSSR count). The van der Waals surface area contributed by atoms with Crippen molar-refractivity contribution < 1.29 is 12.8 Å². The van der Waals surface area contributed by atoms with Crippen molar-refractivity contribution in [2.75, 3.05) is 13.1 Å². The fraction of sp³-hybridized carbons (Fsp3) is 0.316. The van der Waals surface area contributed by atoms with Crippen molar-refractivity contribution in [1.82, 2.24) is 4.90 Å². The summed E-state index contributed by atoms with van der Waals surface area (Å²) in [4.78, 5) is 2.14. The number of hydrogen-bond acceptors (Lipinski definition) is 2. The van der Waals surface area contributed by atoms with Gasteiger partial charge in [0.15, 0.2) is 0 Å². The molecule has 1 aliphatic heterocycles. The number of benzene rings is 2. The van der Waals surface area contributed by atoms with Crippen LogP contribution in [0.2, 0.25) is 0 Å². The number of amidine groups is 1. The first-order valence-electron chi connectivity index (χ1n) is 8.38. The van der Waals surface area contributed by atoms with Crippen molar-refractivity contribution in [2.24, 2.45) is 4.40 Å². The van der Waals surface area contributed by atoms with E-state index in [0.29, 0.717) is 11.4 Å². The molecule has 1 heterocycles. The van der Waals surface area contributed by atoms with E-state index in [9.17, 15) is 12.8 Å². The zero-order valence-electron chi connectivity index (χ0n) is 14.2. The maximum absolute atomic E-state index is 13.3. The molecule has 1 aliphatic rings. The summed E-state index contributed by atoms with van der Waals surface area (Å²) in [5.41, 5.74) is 1.59. The first-order chi connectivity index (χ1) is 12.0. The molecule has 0 saturated carbocycles. The van der Waals surface area contributed by atoms with E-state index in [1.807, 2.05) is 11.8 Å². The molecule has 0 spiro atoms. The molecule has 0 bridgehead atoms. The smallest absolute Gasteiger partial charge is 0.284 e. The lowest BCUT2D eigenvalue weighted by Gasteiger charge is -2.29. The zero-order chi connectivity index (χ0) is 17.9. The molecule has 6 heteroatoms. The van der Waals surface area contributed by atoms with Crippen LogP contribution in [0.5, 0.6) is 0 Å². The van der Waals surface area contributed by atoms with Crippen molar-refractivity contribution >= 4 is 15.9 Å². The van der Waals surface area contributed by atoms with Gasteiger partial charge in [-0.25, -0.2) is 4.39 Å². The second kappa shape index (κ2) is 7.35. The monoisotopic (exact) mass is 360 g/mol. The molecule has 0 atom stereocenters. The van der Waals surface area contributed by atoms with Gasteiger partial charge >= 0.3 is 0 Å². The molecule has 2 aromatic carbocycles. The molecule has 4 nitrogen and oxygen atoms in total. The van der Waals surface area contributed by atoms with Gasteiger partial charge in [0.05, 0.1) is 4.90 Å². The van der Waals surface area contributed by atoms with Crippen molar-refractivity contribution in [3.8, 4) is 0 Å². The Morgan fingerprint density at radius 2 is 1.56 bits per heavy atom. The lowest BCUT2D eigenvalue weighted by molar-refractivity contribution is 0.343. The largest absolute Gasteiger partial charge is 0.355 e. The second-order valence-electron chi connectivity index (χ2n) is 6.26. The Morgan fingerprint density at radius 3 is 2.16 bits per heavy atom. The Balaban J connectivity index is 2.04. The van der Waals surface area contributed by atoms with Gasteiger partial charge in [0, 0.05) is 18.7 Å². The molecular formula is C19H21FN2O2S. The molecule has 1 saturated heterocycles. The van der Waals surface area contributed by atoms with Crippen LogP contribution in [0, 0.1) is 12.7 Å². The summed E-state index contributed by atoms with van der Waals surface area (Å²) in [5.74, 6) is 0.0309. The SMILES string of the molecule is Cc1ccc(S(=O)(=O)/N=C(\c2ccc(F)cc2)N2CCCCC2)cc1. The summed E-state index contributed by atoms with van der Waals surface area (Å²) >= 11 is 0. The van der Waals surface area contributed by atoms with Gasteiger partial charge in [0.25, 0.3) is 10.0 Å². The van der Waals surface area contributed by atoms with Crippen LogP contribution in [0.3, 0.4) is 0 Å². The van der Waals surface area contributed by atoms with E-state index in [0.717, 1.165) is 37.9 Å². The molecular weight excluding hydrogens is 339 g/mol. The molecule has 0 aliphatic carbocycles. The van der Waals surface area contributed by atoms with Crippen LogP contribution in [0.25, 0.3) is 0 Å². The Labute approximate surface area is 148 Å². The van der Waals surface area contributed by atoms with Crippen LogP contribution in [-0.2, 0) is 10.0 Å². The topological polar surface area (TPSA) is 49.7 Å². The van der Waals surface area contributed by atoms with Gasteiger partial charge in [-0.05, 0) is 62.6 Å². The van der Waals surface area contributed by atoms with E-state index < -0.39 is 10.0 Å². The predicted molar refractivity (Wildman–Crippen MR) is 96.7 cm³/mol. The van der Waals surface area contributed by atoms with Crippen LogP contribution in [0.1, 0.15) is 30.4 Å². The van der Waals surface area contributed by atoms with Crippen LogP contribution < -0.4 is 0 Å². The molecule has 0 amide bonds. The van der Waals surface area contributed by atoms with E-state index in [1.54, 1.807) is 36.4 Å². The van der Waals surface area contributed by atoms with Crippen LogP contribution in [0.4, 0.5) is 4.39 Å². The Hall–Kier alpha value is -2.21. The fourth-order valence-corrected chi connectivity index (χ4v) is 3.91. The van der Waals surface area contributed by atoms with Crippen molar-refractivity contribution in [1.29, 1.82) is 0 Å². The third-order valence-corrected chi connectivity index (χ3v) is 5.56. The number of aryl methyl sites for hydroxylation is 1. The average Bonchev–Trinajstić information content (AvgIpc) is 2.62. The highest BCUT2D eigenvalue weighted by Crippen LogP contribution is 2.19. The standard InChI is InChI=1S/C19H21FN2O2S/c1-15-5-11-18(12-6-15)25(23,24)21-19(22-13-3-2-4-14-22)16-7-9-17(20)10-8-16/h5-12H,2-4,13-14H2,1H3/b21-19+. The molecule has 2 aromatic rings. The first kappa shape index (κ1) is 17.6. The normalized spacial score (nSPS) is 16.1. The number of nitrogens with zero attached hydrogens (tertiary/aromatic N) is 2. The lowest BCUT2D eigenvalue weighted by atomic mass is 10.1. The number of sulfonamides is 1. The maximum Gasteiger partial charge on any atom is 0.284 e. The number of piperidine rings is 1.